The Balaban J connectivity index is 1.39. The molecule has 2 aromatic heterocycles. The number of rotatable bonds is 4. The van der Waals surface area contributed by atoms with E-state index in [1.807, 2.05) is 37.3 Å². The van der Waals surface area contributed by atoms with E-state index in [4.69, 9.17) is 4.42 Å². The molecule has 3 heterocycles. The van der Waals surface area contributed by atoms with E-state index in [1.54, 1.807) is 11.6 Å². The lowest BCUT2D eigenvalue weighted by atomic mass is 10.1. The highest BCUT2D eigenvalue weighted by molar-refractivity contribution is 5.78. The zero-order valence-corrected chi connectivity index (χ0v) is 16.0. The molecule has 1 aliphatic heterocycles. The Hall–Kier alpha value is -3.16. The third kappa shape index (κ3) is 3.62. The number of fused-ring (bicyclic) bond motifs is 1. The number of aryl methyl sites for hydroxylation is 3. The van der Waals surface area contributed by atoms with Gasteiger partial charge in [-0.2, -0.15) is 5.10 Å². The number of oxazole rings is 1. The third-order valence-corrected chi connectivity index (χ3v) is 5.11. The number of hydrogen-bond acceptors (Lipinski definition) is 5. The minimum absolute atomic E-state index is 0.0136. The first kappa shape index (κ1) is 18.2. The highest BCUT2D eigenvalue weighted by atomic mass is 16.4. The molecule has 146 valence electrons. The van der Waals surface area contributed by atoms with Crippen molar-refractivity contribution in [3.05, 3.63) is 58.1 Å². The molecule has 0 saturated carbocycles. The van der Waals surface area contributed by atoms with Crippen molar-refractivity contribution >= 4 is 5.91 Å². The Labute approximate surface area is 162 Å². The summed E-state index contributed by atoms with van der Waals surface area (Å²) in [6, 6.07) is 9.64. The number of hydrogen-bond donors (Lipinski definition) is 1. The van der Waals surface area contributed by atoms with E-state index in [-0.39, 0.29) is 24.1 Å². The van der Waals surface area contributed by atoms with Gasteiger partial charge in [0.2, 0.25) is 11.8 Å². The summed E-state index contributed by atoms with van der Waals surface area (Å²) in [7, 11) is 1.66. The Morgan fingerprint density at radius 1 is 1.29 bits per heavy atom. The van der Waals surface area contributed by atoms with Gasteiger partial charge in [-0.15, -0.1) is 0 Å². The summed E-state index contributed by atoms with van der Waals surface area (Å²) >= 11 is 0. The maximum Gasteiger partial charge on any atom is 0.345 e. The fourth-order valence-electron chi connectivity index (χ4n) is 3.57. The largest absolute Gasteiger partial charge is 0.441 e. The molecule has 1 unspecified atom stereocenters. The van der Waals surface area contributed by atoms with Crippen molar-refractivity contribution in [2.45, 2.75) is 45.2 Å². The average molecular weight is 381 g/mol. The van der Waals surface area contributed by atoms with Crippen LogP contribution in [-0.4, -0.2) is 31.3 Å². The van der Waals surface area contributed by atoms with E-state index in [2.05, 4.69) is 15.4 Å². The molecule has 0 radical (unpaired) electrons. The van der Waals surface area contributed by atoms with Crippen LogP contribution in [0.3, 0.4) is 0 Å². The molecule has 8 heteroatoms. The van der Waals surface area contributed by atoms with Crippen LogP contribution in [0, 0.1) is 6.92 Å². The van der Waals surface area contributed by atoms with Crippen LogP contribution >= 0.6 is 0 Å². The topological polar surface area (TPSA) is 95.0 Å². The zero-order chi connectivity index (χ0) is 19.7. The monoisotopic (exact) mass is 381 g/mol. The van der Waals surface area contributed by atoms with Crippen LogP contribution in [0.1, 0.15) is 30.1 Å². The molecule has 0 fully saturated rings. The van der Waals surface area contributed by atoms with Crippen LogP contribution in [0.25, 0.3) is 11.5 Å². The van der Waals surface area contributed by atoms with Crippen LogP contribution in [0.5, 0.6) is 0 Å². The van der Waals surface area contributed by atoms with Crippen LogP contribution < -0.4 is 11.0 Å². The fourth-order valence-corrected chi connectivity index (χ4v) is 3.57. The second-order valence-electron chi connectivity index (χ2n) is 7.13. The van der Waals surface area contributed by atoms with E-state index in [9.17, 15) is 9.59 Å². The molecular weight excluding hydrogens is 358 g/mol. The SMILES string of the molecule is Cc1oc(-c2ccccc2)nc1CC(=O)NC1CCc2nn(C)c(=O)n2CC1. The minimum atomic E-state index is -0.103. The van der Waals surface area contributed by atoms with Crippen molar-refractivity contribution in [1.29, 1.82) is 0 Å². The summed E-state index contributed by atoms with van der Waals surface area (Å²) in [5.41, 5.74) is 1.43. The Kier molecular flexibility index (Phi) is 4.85. The van der Waals surface area contributed by atoms with Crippen molar-refractivity contribution in [2.75, 3.05) is 0 Å². The molecule has 4 rings (SSSR count). The second-order valence-corrected chi connectivity index (χ2v) is 7.13. The predicted octanol–water partition coefficient (Wildman–Crippen LogP) is 1.61. The standard InChI is InChI=1S/C20H23N5O3/c1-13-16(22-19(28-13)14-6-4-3-5-7-14)12-18(26)21-15-8-9-17-23-24(2)20(27)25(17)11-10-15/h3-7,15H,8-12H2,1-2H3,(H,21,26). The first-order valence-electron chi connectivity index (χ1n) is 9.45. The van der Waals surface area contributed by atoms with Crippen LogP contribution in [-0.2, 0) is 31.2 Å². The Morgan fingerprint density at radius 2 is 2.07 bits per heavy atom. The summed E-state index contributed by atoms with van der Waals surface area (Å²) < 4.78 is 8.79. The van der Waals surface area contributed by atoms with Crippen LogP contribution in [0.4, 0.5) is 0 Å². The predicted molar refractivity (Wildman–Crippen MR) is 103 cm³/mol. The van der Waals surface area contributed by atoms with E-state index >= 15 is 0 Å². The molecule has 1 atom stereocenters. The molecule has 3 aromatic rings. The maximum absolute atomic E-state index is 12.5. The number of nitrogens with zero attached hydrogens (tertiary/aromatic N) is 4. The summed E-state index contributed by atoms with van der Waals surface area (Å²) in [6.45, 7) is 2.39. The van der Waals surface area contributed by atoms with E-state index < -0.39 is 0 Å². The number of amides is 1. The molecule has 0 spiro atoms. The Bertz CT molecular complexity index is 1050. The highest BCUT2D eigenvalue weighted by Crippen LogP contribution is 2.21. The molecule has 1 aliphatic rings. The number of carbonyl (C=O) groups excluding carboxylic acids is 1. The quantitative estimate of drug-likeness (QED) is 0.741. The summed E-state index contributed by atoms with van der Waals surface area (Å²) in [6.07, 6.45) is 2.31. The molecule has 1 aromatic carbocycles. The summed E-state index contributed by atoms with van der Waals surface area (Å²) in [4.78, 5) is 29.1. The van der Waals surface area contributed by atoms with Gasteiger partial charge in [0.15, 0.2) is 0 Å². The van der Waals surface area contributed by atoms with Crippen LogP contribution in [0.2, 0.25) is 0 Å². The summed E-state index contributed by atoms with van der Waals surface area (Å²) in [5, 5.41) is 7.34. The van der Waals surface area contributed by atoms with Crippen molar-refractivity contribution in [3.8, 4) is 11.5 Å². The number of carbonyl (C=O) groups is 1. The van der Waals surface area contributed by atoms with E-state index in [0.717, 1.165) is 17.8 Å². The van der Waals surface area contributed by atoms with Crippen molar-refractivity contribution in [2.24, 2.45) is 7.05 Å². The smallest absolute Gasteiger partial charge is 0.345 e. The molecule has 8 nitrogen and oxygen atoms in total. The average Bonchev–Trinajstić information content (AvgIpc) is 3.09. The molecule has 28 heavy (non-hydrogen) atoms. The zero-order valence-electron chi connectivity index (χ0n) is 16.0. The second kappa shape index (κ2) is 7.46. The molecule has 1 amide bonds. The maximum atomic E-state index is 12.5. The Morgan fingerprint density at radius 3 is 2.86 bits per heavy atom. The van der Waals surface area contributed by atoms with E-state index in [1.165, 1.54) is 4.68 Å². The van der Waals surface area contributed by atoms with Gasteiger partial charge in [0, 0.05) is 31.6 Å². The van der Waals surface area contributed by atoms with Gasteiger partial charge >= 0.3 is 5.69 Å². The lowest BCUT2D eigenvalue weighted by molar-refractivity contribution is -0.121. The third-order valence-electron chi connectivity index (χ3n) is 5.11. The summed E-state index contributed by atoms with van der Waals surface area (Å²) in [5.74, 6) is 1.87. The van der Waals surface area contributed by atoms with E-state index in [0.29, 0.717) is 36.7 Å². The van der Waals surface area contributed by atoms with Crippen LogP contribution in [0.15, 0.2) is 39.5 Å². The number of nitrogens with one attached hydrogen (secondary N) is 1. The van der Waals surface area contributed by atoms with Gasteiger partial charge in [-0.05, 0) is 31.9 Å². The molecule has 0 aliphatic carbocycles. The van der Waals surface area contributed by atoms with Gasteiger partial charge < -0.3 is 9.73 Å². The van der Waals surface area contributed by atoms with Gasteiger partial charge in [0.05, 0.1) is 12.1 Å². The molecular formula is C20H23N5O3. The highest BCUT2D eigenvalue weighted by Gasteiger charge is 2.22. The van der Waals surface area contributed by atoms with Crippen molar-refractivity contribution in [3.63, 3.8) is 0 Å². The first-order chi connectivity index (χ1) is 13.5. The number of aromatic nitrogens is 4. The fraction of sp³-hybridized carbons (Fsp3) is 0.400. The van der Waals surface area contributed by atoms with Gasteiger partial charge in [-0.1, -0.05) is 18.2 Å². The first-order valence-corrected chi connectivity index (χ1v) is 9.45. The lowest BCUT2D eigenvalue weighted by Gasteiger charge is -2.15. The van der Waals surface area contributed by atoms with Gasteiger partial charge in [0.25, 0.3) is 0 Å². The molecule has 0 bridgehead atoms. The lowest BCUT2D eigenvalue weighted by Crippen LogP contribution is -2.36. The molecule has 0 saturated heterocycles. The normalized spacial score (nSPS) is 16.4. The van der Waals surface area contributed by atoms with Crippen molar-refractivity contribution in [1.82, 2.24) is 24.6 Å². The van der Waals surface area contributed by atoms with Gasteiger partial charge in [0.1, 0.15) is 11.6 Å². The number of benzene rings is 1. The minimum Gasteiger partial charge on any atom is -0.441 e. The van der Waals surface area contributed by atoms with Crippen molar-refractivity contribution < 1.29 is 9.21 Å². The molecule has 1 N–H and O–H groups in total. The van der Waals surface area contributed by atoms with Gasteiger partial charge in [-0.3, -0.25) is 9.36 Å². The van der Waals surface area contributed by atoms with Gasteiger partial charge in [-0.25, -0.2) is 14.5 Å².